The van der Waals surface area contributed by atoms with Crippen LogP contribution in [0.4, 0.5) is 0 Å². The zero-order chi connectivity index (χ0) is 14.2. The number of allylic oxidation sites excluding steroid dienone is 1. The molecule has 2 aromatic rings. The molecule has 2 aliphatic rings. The van der Waals surface area contributed by atoms with Crippen LogP contribution in [0.25, 0.3) is 5.57 Å². The highest BCUT2D eigenvalue weighted by Crippen LogP contribution is 2.41. The number of carbonyl (C=O) groups is 1. The lowest BCUT2D eigenvalue weighted by molar-refractivity contribution is 0.0946. The maximum Gasteiger partial charge on any atom is 0.251 e. The van der Waals surface area contributed by atoms with Crippen LogP contribution in [0.3, 0.4) is 0 Å². The van der Waals surface area contributed by atoms with Crippen molar-refractivity contribution in [1.29, 1.82) is 0 Å². The van der Waals surface area contributed by atoms with E-state index in [1.165, 1.54) is 16.7 Å². The minimum atomic E-state index is 0.0774. The first-order valence-electron chi connectivity index (χ1n) is 7.43. The lowest BCUT2D eigenvalue weighted by Crippen LogP contribution is -2.32. The third-order valence-corrected chi connectivity index (χ3v) is 5.33. The highest BCUT2D eigenvalue weighted by Gasteiger charge is 2.29. The van der Waals surface area contributed by atoms with Crippen molar-refractivity contribution in [1.82, 2.24) is 5.32 Å². The Hall–Kier alpha value is -1.87. The highest BCUT2D eigenvalue weighted by molar-refractivity contribution is 7.08. The lowest BCUT2D eigenvalue weighted by atomic mass is 9.89. The highest BCUT2D eigenvalue weighted by atomic mass is 32.1. The zero-order valence-corrected chi connectivity index (χ0v) is 12.6. The van der Waals surface area contributed by atoms with Crippen molar-refractivity contribution >= 4 is 22.8 Å². The SMILES string of the molecule is O=C1NC[C@H]2CCC(c3ccsc3)=C2Cc2ccccc21. The van der Waals surface area contributed by atoms with Crippen LogP contribution in [0.2, 0.25) is 0 Å². The van der Waals surface area contributed by atoms with E-state index < -0.39 is 0 Å². The number of hydrogen-bond donors (Lipinski definition) is 1. The third-order valence-electron chi connectivity index (χ3n) is 4.64. The second kappa shape index (κ2) is 5.15. The second-order valence-corrected chi connectivity index (χ2v) is 6.58. The van der Waals surface area contributed by atoms with Crippen LogP contribution >= 0.6 is 11.3 Å². The van der Waals surface area contributed by atoms with E-state index in [2.05, 4.69) is 28.2 Å². The minimum absolute atomic E-state index is 0.0774. The molecule has 0 saturated heterocycles. The summed E-state index contributed by atoms with van der Waals surface area (Å²) in [5, 5.41) is 7.50. The van der Waals surface area contributed by atoms with Gasteiger partial charge in [0.15, 0.2) is 0 Å². The Morgan fingerprint density at radius 3 is 2.95 bits per heavy atom. The molecule has 21 heavy (non-hydrogen) atoms. The number of thiophene rings is 1. The van der Waals surface area contributed by atoms with Crippen molar-refractivity contribution in [2.75, 3.05) is 6.54 Å². The van der Waals surface area contributed by atoms with Gasteiger partial charge in [0.05, 0.1) is 0 Å². The maximum atomic E-state index is 12.2. The summed E-state index contributed by atoms with van der Waals surface area (Å²) in [5.41, 5.74) is 6.40. The first-order chi connectivity index (χ1) is 10.3. The van der Waals surface area contributed by atoms with E-state index in [0.29, 0.717) is 5.92 Å². The molecule has 0 spiro atoms. The number of rotatable bonds is 1. The first kappa shape index (κ1) is 12.8. The largest absolute Gasteiger partial charge is 0.351 e. The van der Waals surface area contributed by atoms with Crippen molar-refractivity contribution in [3.63, 3.8) is 0 Å². The normalized spacial score (nSPS) is 21.3. The molecule has 1 atom stereocenters. The fraction of sp³-hybridized carbons (Fsp3) is 0.278. The van der Waals surface area contributed by atoms with Crippen molar-refractivity contribution < 1.29 is 4.79 Å². The predicted molar refractivity (Wildman–Crippen MR) is 86.4 cm³/mol. The number of benzene rings is 1. The van der Waals surface area contributed by atoms with Crippen LogP contribution in [0, 0.1) is 5.92 Å². The lowest BCUT2D eigenvalue weighted by Gasteiger charge is -2.22. The van der Waals surface area contributed by atoms with Gasteiger partial charge in [-0.15, -0.1) is 0 Å². The molecule has 1 aliphatic carbocycles. The minimum Gasteiger partial charge on any atom is -0.351 e. The smallest absolute Gasteiger partial charge is 0.251 e. The Balaban J connectivity index is 1.82. The zero-order valence-electron chi connectivity index (χ0n) is 11.8. The van der Waals surface area contributed by atoms with Gasteiger partial charge in [-0.25, -0.2) is 0 Å². The van der Waals surface area contributed by atoms with E-state index >= 15 is 0 Å². The molecule has 0 saturated carbocycles. The summed E-state index contributed by atoms with van der Waals surface area (Å²) in [6.45, 7) is 0.774. The van der Waals surface area contributed by atoms with Gasteiger partial charge in [-0.05, 0) is 64.8 Å². The van der Waals surface area contributed by atoms with E-state index in [0.717, 1.165) is 36.9 Å². The summed E-state index contributed by atoms with van der Waals surface area (Å²) in [5.74, 6) is 0.575. The summed E-state index contributed by atoms with van der Waals surface area (Å²) in [7, 11) is 0. The first-order valence-corrected chi connectivity index (χ1v) is 8.38. The number of hydrogen-bond acceptors (Lipinski definition) is 2. The van der Waals surface area contributed by atoms with Gasteiger partial charge in [0.2, 0.25) is 0 Å². The molecule has 1 N–H and O–H groups in total. The van der Waals surface area contributed by atoms with Crippen LogP contribution in [0.5, 0.6) is 0 Å². The molecular formula is C18H17NOS. The van der Waals surface area contributed by atoms with Crippen LogP contribution in [-0.4, -0.2) is 12.5 Å². The average molecular weight is 295 g/mol. The second-order valence-electron chi connectivity index (χ2n) is 5.80. The van der Waals surface area contributed by atoms with Crippen LogP contribution in [0.1, 0.15) is 34.3 Å². The maximum absolute atomic E-state index is 12.2. The number of amides is 1. The Morgan fingerprint density at radius 1 is 1.19 bits per heavy atom. The molecule has 3 heteroatoms. The molecule has 1 aromatic heterocycles. The number of carbonyl (C=O) groups excluding carboxylic acids is 1. The molecule has 4 rings (SSSR count). The van der Waals surface area contributed by atoms with Crippen LogP contribution in [-0.2, 0) is 6.42 Å². The standard InChI is InChI=1S/C18H17NOS/c20-18-16-4-2-1-3-12(16)9-17-13(10-19-18)5-6-15(17)14-7-8-21-11-14/h1-4,7-8,11,13H,5-6,9-10H2,(H,19,20)/t13-/m1/s1. The summed E-state index contributed by atoms with van der Waals surface area (Å²) < 4.78 is 0. The van der Waals surface area contributed by atoms with E-state index in [1.54, 1.807) is 11.3 Å². The van der Waals surface area contributed by atoms with E-state index in [1.807, 2.05) is 18.2 Å². The summed E-state index contributed by atoms with van der Waals surface area (Å²) in [6.07, 6.45) is 3.21. The van der Waals surface area contributed by atoms with Gasteiger partial charge in [0.1, 0.15) is 0 Å². The average Bonchev–Trinajstić information content (AvgIpc) is 3.13. The van der Waals surface area contributed by atoms with Gasteiger partial charge in [0, 0.05) is 12.1 Å². The summed E-state index contributed by atoms with van der Waals surface area (Å²) in [6, 6.07) is 10.2. The fourth-order valence-corrected chi connectivity index (χ4v) is 4.23. The van der Waals surface area contributed by atoms with Gasteiger partial charge in [0.25, 0.3) is 5.91 Å². The van der Waals surface area contributed by atoms with Gasteiger partial charge in [-0.3, -0.25) is 4.79 Å². The van der Waals surface area contributed by atoms with E-state index in [4.69, 9.17) is 0 Å². The van der Waals surface area contributed by atoms with E-state index in [9.17, 15) is 4.79 Å². The molecule has 2 heterocycles. The van der Waals surface area contributed by atoms with E-state index in [-0.39, 0.29) is 5.91 Å². The third kappa shape index (κ3) is 2.22. The molecule has 0 radical (unpaired) electrons. The Kier molecular flexibility index (Phi) is 3.15. The Bertz CT molecular complexity index is 715. The quantitative estimate of drug-likeness (QED) is 0.849. The molecule has 0 bridgehead atoms. The van der Waals surface area contributed by atoms with Crippen molar-refractivity contribution in [3.05, 3.63) is 63.4 Å². The van der Waals surface area contributed by atoms with Gasteiger partial charge in [-0.1, -0.05) is 23.8 Å². The molecule has 2 nitrogen and oxygen atoms in total. The monoisotopic (exact) mass is 295 g/mol. The fourth-order valence-electron chi connectivity index (χ4n) is 3.55. The summed E-state index contributed by atoms with van der Waals surface area (Å²) in [4.78, 5) is 12.2. The topological polar surface area (TPSA) is 29.1 Å². The van der Waals surface area contributed by atoms with Crippen LogP contribution < -0.4 is 5.32 Å². The molecule has 106 valence electrons. The molecule has 0 unspecified atom stereocenters. The van der Waals surface area contributed by atoms with Crippen LogP contribution in [0.15, 0.2) is 46.7 Å². The van der Waals surface area contributed by atoms with Gasteiger partial charge < -0.3 is 5.32 Å². The molecule has 1 amide bonds. The Labute approximate surface area is 128 Å². The molecule has 1 aromatic carbocycles. The molecular weight excluding hydrogens is 278 g/mol. The Morgan fingerprint density at radius 2 is 2.10 bits per heavy atom. The van der Waals surface area contributed by atoms with Crippen molar-refractivity contribution in [3.8, 4) is 0 Å². The number of nitrogens with one attached hydrogen (secondary N) is 1. The molecule has 0 fully saturated rings. The summed E-state index contributed by atoms with van der Waals surface area (Å²) >= 11 is 1.76. The van der Waals surface area contributed by atoms with Gasteiger partial charge >= 0.3 is 0 Å². The van der Waals surface area contributed by atoms with Gasteiger partial charge in [-0.2, -0.15) is 11.3 Å². The number of fused-ring (bicyclic) bond motifs is 2. The molecule has 1 aliphatic heterocycles. The van der Waals surface area contributed by atoms with Crippen molar-refractivity contribution in [2.24, 2.45) is 5.92 Å². The van der Waals surface area contributed by atoms with Crippen molar-refractivity contribution in [2.45, 2.75) is 19.3 Å². The predicted octanol–water partition coefficient (Wildman–Crippen LogP) is 3.90.